The first-order valence-electron chi connectivity index (χ1n) is 8.34. The third-order valence-electron chi connectivity index (χ3n) is 4.32. The molecule has 0 saturated carbocycles. The zero-order valence-electron chi connectivity index (χ0n) is 13.2. The Hall–Kier alpha value is -1.87. The minimum Gasteiger partial charge on any atom is -0.351 e. The Morgan fingerprint density at radius 1 is 0.909 bits per heavy atom. The van der Waals surface area contributed by atoms with Crippen molar-refractivity contribution in [2.45, 2.75) is 25.8 Å². The highest BCUT2D eigenvalue weighted by Gasteiger charge is 2.13. The van der Waals surface area contributed by atoms with Crippen molar-refractivity contribution in [3.05, 3.63) is 60.3 Å². The lowest BCUT2D eigenvalue weighted by atomic mass is 10.1. The molecule has 116 valence electrons. The lowest BCUT2D eigenvalue weighted by Gasteiger charge is -2.30. The lowest BCUT2D eigenvalue weighted by molar-refractivity contribution is 0.233. The number of likely N-dealkylation sites (tertiary alicyclic amines) is 1. The molecule has 3 heteroatoms. The van der Waals surface area contributed by atoms with Crippen molar-refractivity contribution in [3.63, 3.8) is 0 Å². The Morgan fingerprint density at radius 3 is 2.41 bits per heavy atom. The monoisotopic (exact) mass is 295 g/mol. The summed E-state index contributed by atoms with van der Waals surface area (Å²) in [5.74, 6) is 1.07. The summed E-state index contributed by atoms with van der Waals surface area (Å²) in [5, 5.41) is 0. The number of pyridine rings is 1. The zero-order valence-corrected chi connectivity index (χ0v) is 13.2. The highest BCUT2D eigenvalue weighted by atomic mass is 15.2. The van der Waals surface area contributed by atoms with Crippen LogP contribution in [0.15, 0.2) is 54.7 Å². The van der Waals surface area contributed by atoms with Gasteiger partial charge in [0, 0.05) is 25.8 Å². The van der Waals surface area contributed by atoms with Crippen molar-refractivity contribution < 1.29 is 0 Å². The van der Waals surface area contributed by atoms with Crippen LogP contribution in [0.5, 0.6) is 0 Å². The number of piperidine rings is 1. The van der Waals surface area contributed by atoms with Crippen molar-refractivity contribution in [3.8, 4) is 0 Å². The van der Waals surface area contributed by atoms with Crippen LogP contribution in [-0.2, 0) is 6.54 Å². The van der Waals surface area contributed by atoms with Crippen LogP contribution < -0.4 is 4.90 Å². The summed E-state index contributed by atoms with van der Waals surface area (Å²) >= 11 is 0. The van der Waals surface area contributed by atoms with Gasteiger partial charge in [-0.3, -0.25) is 0 Å². The molecule has 0 atom stereocenters. The molecule has 3 rings (SSSR count). The maximum Gasteiger partial charge on any atom is 0.128 e. The molecule has 0 bridgehead atoms. The summed E-state index contributed by atoms with van der Waals surface area (Å²) in [6, 6.07) is 16.8. The van der Waals surface area contributed by atoms with Gasteiger partial charge in [-0.25, -0.2) is 4.98 Å². The van der Waals surface area contributed by atoms with Crippen LogP contribution in [0.4, 0.5) is 5.82 Å². The smallest absolute Gasteiger partial charge is 0.128 e. The summed E-state index contributed by atoms with van der Waals surface area (Å²) in [4.78, 5) is 9.53. The van der Waals surface area contributed by atoms with Crippen LogP contribution in [0.3, 0.4) is 0 Å². The standard InChI is InChI=1S/C19H25N3/c1-3-9-18(10-4-1)17-22(19-11-5-6-12-20-19)16-15-21-13-7-2-8-14-21/h1,3-6,9-12H,2,7-8,13-17H2. The van der Waals surface area contributed by atoms with E-state index < -0.39 is 0 Å². The van der Waals surface area contributed by atoms with E-state index in [0.29, 0.717) is 0 Å². The average molecular weight is 295 g/mol. The van der Waals surface area contributed by atoms with Gasteiger partial charge in [-0.1, -0.05) is 42.8 Å². The topological polar surface area (TPSA) is 19.4 Å². The molecule has 1 aliphatic rings. The number of hydrogen-bond acceptors (Lipinski definition) is 3. The van der Waals surface area contributed by atoms with Crippen LogP contribution in [-0.4, -0.2) is 36.1 Å². The van der Waals surface area contributed by atoms with Crippen molar-refractivity contribution in [2.75, 3.05) is 31.1 Å². The zero-order chi connectivity index (χ0) is 15.0. The SMILES string of the molecule is c1ccc(CN(CCN2CCCCC2)c2ccccn2)cc1. The van der Waals surface area contributed by atoms with E-state index in [-0.39, 0.29) is 0 Å². The highest BCUT2D eigenvalue weighted by molar-refractivity contribution is 5.39. The molecule has 1 aromatic heterocycles. The highest BCUT2D eigenvalue weighted by Crippen LogP contribution is 2.15. The molecule has 0 unspecified atom stereocenters. The second-order valence-corrected chi connectivity index (χ2v) is 6.00. The number of hydrogen-bond donors (Lipinski definition) is 0. The molecule has 1 aliphatic heterocycles. The third-order valence-corrected chi connectivity index (χ3v) is 4.32. The first-order valence-corrected chi connectivity index (χ1v) is 8.34. The molecule has 0 amide bonds. The normalized spacial score (nSPS) is 15.6. The number of anilines is 1. The molecule has 0 spiro atoms. The molecule has 1 saturated heterocycles. The Kier molecular flexibility index (Phi) is 5.43. The van der Waals surface area contributed by atoms with Gasteiger partial charge in [0.15, 0.2) is 0 Å². The minimum absolute atomic E-state index is 0.922. The van der Waals surface area contributed by atoms with E-state index in [0.717, 1.165) is 25.5 Å². The van der Waals surface area contributed by atoms with E-state index in [2.05, 4.69) is 57.2 Å². The van der Waals surface area contributed by atoms with Crippen LogP contribution in [0, 0.1) is 0 Å². The van der Waals surface area contributed by atoms with Crippen LogP contribution in [0.1, 0.15) is 24.8 Å². The number of aromatic nitrogens is 1. The van der Waals surface area contributed by atoms with Crippen LogP contribution in [0.2, 0.25) is 0 Å². The molecule has 22 heavy (non-hydrogen) atoms. The van der Waals surface area contributed by atoms with E-state index >= 15 is 0 Å². The maximum atomic E-state index is 4.55. The number of nitrogens with zero attached hydrogens (tertiary/aromatic N) is 3. The summed E-state index contributed by atoms with van der Waals surface area (Å²) in [5.41, 5.74) is 1.34. The van der Waals surface area contributed by atoms with Crippen molar-refractivity contribution >= 4 is 5.82 Å². The molecule has 2 aromatic rings. The summed E-state index contributed by atoms with van der Waals surface area (Å²) in [7, 11) is 0. The Balaban J connectivity index is 1.66. The molecule has 1 aromatic carbocycles. The van der Waals surface area contributed by atoms with E-state index in [1.54, 1.807) is 0 Å². The van der Waals surface area contributed by atoms with Gasteiger partial charge < -0.3 is 9.80 Å². The van der Waals surface area contributed by atoms with Gasteiger partial charge in [0.2, 0.25) is 0 Å². The Labute approximate surface area is 133 Å². The quantitative estimate of drug-likeness (QED) is 0.812. The van der Waals surface area contributed by atoms with E-state index in [1.165, 1.54) is 37.9 Å². The lowest BCUT2D eigenvalue weighted by Crippen LogP contribution is -2.38. The summed E-state index contributed by atoms with van der Waals surface area (Å²) < 4.78 is 0. The largest absolute Gasteiger partial charge is 0.351 e. The second-order valence-electron chi connectivity index (χ2n) is 6.00. The first kappa shape index (κ1) is 15.0. The molecule has 1 fully saturated rings. The predicted molar refractivity (Wildman–Crippen MR) is 92.0 cm³/mol. The fourth-order valence-corrected chi connectivity index (χ4v) is 3.06. The van der Waals surface area contributed by atoms with Gasteiger partial charge in [0.1, 0.15) is 5.82 Å². The molecule has 0 radical (unpaired) electrons. The minimum atomic E-state index is 0.922. The van der Waals surface area contributed by atoms with Crippen LogP contribution in [0.25, 0.3) is 0 Å². The van der Waals surface area contributed by atoms with E-state index in [9.17, 15) is 0 Å². The van der Waals surface area contributed by atoms with Crippen molar-refractivity contribution in [1.82, 2.24) is 9.88 Å². The molecule has 0 N–H and O–H groups in total. The van der Waals surface area contributed by atoms with Gasteiger partial charge in [-0.05, 0) is 43.6 Å². The van der Waals surface area contributed by atoms with E-state index in [4.69, 9.17) is 0 Å². The molecule has 2 heterocycles. The van der Waals surface area contributed by atoms with Gasteiger partial charge in [-0.15, -0.1) is 0 Å². The van der Waals surface area contributed by atoms with Gasteiger partial charge in [0.05, 0.1) is 0 Å². The van der Waals surface area contributed by atoms with Crippen LogP contribution >= 0.6 is 0 Å². The molecular weight excluding hydrogens is 270 g/mol. The first-order chi connectivity index (χ1) is 10.9. The van der Waals surface area contributed by atoms with Gasteiger partial charge in [0.25, 0.3) is 0 Å². The third kappa shape index (κ3) is 4.31. The van der Waals surface area contributed by atoms with E-state index in [1.807, 2.05) is 12.3 Å². The summed E-state index contributed by atoms with van der Waals surface area (Å²) in [6.45, 7) is 5.59. The summed E-state index contributed by atoms with van der Waals surface area (Å²) in [6.07, 6.45) is 5.98. The Morgan fingerprint density at radius 2 is 1.68 bits per heavy atom. The average Bonchev–Trinajstić information content (AvgIpc) is 2.61. The predicted octanol–water partition coefficient (Wildman–Crippen LogP) is 3.57. The maximum absolute atomic E-state index is 4.55. The second kappa shape index (κ2) is 7.95. The van der Waals surface area contributed by atoms with Gasteiger partial charge >= 0.3 is 0 Å². The molecular formula is C19H25N3. The van der Waals surface area contributed by atoms with Crippen molar-refractivity contribution in [2.24, 2.45) is 0 Å². The fourth-order valence-electron chi connectivity index (χ4n) is 3.06. The number of benzene rings is 1. The fraction of sp³-hybridized carbons (Fsp3) is 0.421. The van der Waals surface area contributed by atoms with Crippen molar-refractivity contribution in [1.29, 1.82) is 0 Å². The molecule has 0 aliphatic carbocycles. The Bertz CT molecular complexity index is 535. The van der Waals surface area contributed by atoms with Gasteiger partial charge in [-0.2, -0.15) is 0 Å². The number of rotatable bonds is 6. The molecule has 3 nitrogen and oxygen atoms in total.